The van der Waals surface area contributed by atoms with E-state index in [0.29, 0.717) is 11.3 Å². The zero-order valence-electron chi connectivity index (χ0n) is 14.9. The molecule has 6 nitrogen and oxygen atoms in total. The van der Waals surface area contributed by atoms with Crippen molar-refractivity contribution in [2.45, 2.75) is 32.7 Å². The summed E-state index contributed by atoms with van der Waals surface area (Å²) in [5.74, 6) is -1.85. The van der Waals surface area contributed by atoms with Gasteiger partial charge in [-0.2, -0.15) is 13.8 Å². The van der Waals surface area contributed by atoms with Crippen molar-refractivity contribution >= 4 is 28.3 Å². The Bertz CT molecular complexity index is 1010. The summed E-state index contributed by atoms with van der Waals surface area (Å²) in [7, 11) is 0. The lowest BCUT2D eigenvalue weighted by Crippen LogP contribution is -2.52. The van der Waals surface area contributed by atoms with Crippen LogP contribution in [0.4, 0.5) is 20.3 Å². The molecule has 0 bridgehead atoms. The molecule has 0 saturated heterocycles. The third-order valence-corrected chi connectivity index (χ3v) is 5.12. The van der Waals surface area contributed by atoms with Gasteiger partial charge < -0.3 is 15.6 Å². The molecule has 1 fully saturated rings. The molecule has 0 radical (unpaired) electrons. The van der Waals surface area contributed by atoms with Gasteiger partial charge in [-0.1, -0.05) is 13.8 Å². The molecule has 27 heavy (non-hydrogen) atoms. The number of carbonyl (C=O) groups excluding carboxylic acids is 1. The Kier molecular flexibility index (Phi) is 4.05. The molecule has 1 atom stereocenters. The van der Waals surface area contributed by atoms with Gasteiger partial charge in [0, 0.05) is 35.4 Å². The van der Waals surface area contributed by atoms with Crippen LogP contribution in [0.1, 0.15) is 37.2 Å². The fourth-order valence-electron chi connectivity index (χ4n) is 3.34. The summed E-state index contributed by atoms with van der Waals surface area (Å²) >= 11 is 0. The number of rotatable bonds is 4. The third kappa shape index (κ3) is 3.34. The minimum atomic E-state index is -0.939. The summed E-state index contributed by atoms with van der Waals surface area (Å²) in [4.78, 5) is 23.3. The van der Waals surface area contributed by atoms with E-state index >= 15 is 0 Å². The molecule has 140 valence electrons. The topological polar surface area (TPSA) is 82.7 Å². The predicted molar refractivity (Wildman–Crippen MR) is 97.8 cm³/mol. The van der Waals surface area contributed by atoms with Crippen LogP contribution in [0.5, 0.6) is 0 Å². The van der Waals surface area contributed by atoms with Crippen molar-refractivity contribution in [2.75, 3.05) is 5.32 Å². The Balaban J connectivity index is 1.66. The minimum absolute atomic E-state index is 0.0620. The molecule has 3 heterocycles. The van der Waals surface area contributed by atoms with Crippen molar-refractivity contribution in [3.05, 3.63) is 48.1 Å². The lowest BCUT2D eigenvalue weighted by Gasteiger charge is -2.44. The van der Waals surface area contributed by atoms with Crippen molar-refractivity contribution in [2.24, 2.45) is 5.41 Å². The number of fused-ring (bicyclic) bond motifs is 1. The summed E-state index contributed by atoms with van der Waals surface area (Å²) in [6, 6.07) is 5.72. The molecule has 1 saturated carbocycles. The van der Waals surface area contributed by atoms with Gasteiger partial charge in [-0.05, 0) is 30.4 Å². The summed E-state index contributed by atoms with van der Waals surface area (Å²) in [5, 5.41) is 6.63. The molecular formula is C19H19F2N5O. The molecule has 0 aliphatic heterocycles. The normalized spacial score (nSPS) is 18.1. The Morgan fingerprint density at radius 3 is 2.59 bits per heavy atom. The average molecular weight is 371 g/mol. The number of hydrogen-bond donors (Lipinski definition) is 3. The lowest BCUT2D eigenvalue weighted by atomic mass is 9.67. The number of pyridine rings is 2. The molecule has 0 aromatic carbocycles. The summed E-state index contributed by atoms with van der Waals surface area (Å²) in [6.07, 6.45) is 3.70. The molecule has 1 aliphatic rings. The number of aromatic amines is 1. The Morgan fingerprint density at radius 1 is 1.22 bits per heavy atom. The zero-order chi connectivity index (χ0) is 19.2. The second-order valence-corrected chi connectivity index (χ2v) is 7.48. The zero-order valence-corrected chi connectivity index (χ0v) is 14.9. The Labute approximate surface area is 154 Å². The predicted octanol–water partition coefficient (Wildman–Crippen LogP) is 3.90. The first-order valence-electron chi connectivity index (χ1n) is 8.71. The fourth-order valence-corrected chi connectivity index (χ4v) is 3.34. The fraction of sp³-hybridized carbons (Fsp3) is 0.316. The SMILES string of the molecule is CC1(C)CCC1NC(=O)c1nc(Nc2cc(F)nc(F)c2)cc2cc[nH]c12. The van der Waals surface area contributed by atoms with E-state index in [2.05, 4.69) is 39.4 Å². The maximum absolute atomic E-state index is 13.3. The molecule has 1 aliphatic carbocycles. The summed E-state index contributed by atoms with van der Waals surface area (Å²) in [6.45, 7) is 4.23. The molecule has 1 unspecified atom stereocenters. The number of halogens is 2. The van der Waals surface area contributed by atoms with E-state index in [1.54, 1.807) is 18.3 Å². The van der Waals surface area contributed by atoms with E-state index in [1.807, 2.05) is 0 Å². The first kappa shape index (κ1) is 17.4. The highest BCUT2D eigenvalue weighted by Gasteiger charge is 2.39. The number of H-pyrrole nitrogens is 1. The van der Waals surface area contributed by atoms with Crippen molar-refractivity contribution < 1.29 is 13.6 Å². The van der Waals surface area contributed by atoms with Crippen LogP contribution in [-0.4, -0.2) is 26.9 Å². The van der Waals surface area contributed by atoms with Crippen molar-refractivity contribution in [3.63, 3.8) is 0 Å². The van der Waals surface area contributed by atoms with Crippen molar-refractivity contribution in [1.29, 1.82) is 0 Å². The van der Waals surface area contributed by atoms with E-state index in [0.717, 1.165) is 30.4 Å². The van der Waals surface area contributed by atoms with E-state index in [1.165, 1.54) is 0 Å². The van der Waals surface area contributed by atoms with E-state index < -0.39 is 11.9 Å². The summed E-state index contributed by atoms with van der Waals surface area (Å²) in [5.41, 5.74) is 1.07. The molecule has 1 amide bonds. The van der Waals surface area contributed by atoms with Gasteiger partial charge in [0.1, 0.15) is 5.82 Å². The molecule has 3 N–H and O–H groups in total. The number of amides is 1. The van der Waals surface area contributed by atoms with E-state index in [-0.39, 0.29) is 28.7 Å². The van der Waals surface area contributed by atoms with Crippen molar-refractivity contribution in [3.8, 4) is 0 Å². The second-order valence-electron chi connectivity index (χ2n) is 7.48. The van der Waals surface area contributed by atoms with E-state index in [9.17, 15) is 13.6 Å². The van der Waals surface area contributed by atoms with Gasteiger partial charge in [-0.3, -0.25) is 4.79 Å². The standard InChI is InChI=1S/C19H19F2N5O/c1-19(2)5-3-12(19)24-18(27)17-16-10(4-6-22-16)7-15(26-17)23-11-8-13(20)25-14(21)9-11/h4,6-9,12,22H,3,5H2,1-2H3,(H,24,27)(H,23,25,26). The number of carbonyl (C=O) groups is 1. The maximum atomic E-state index is 13.3. The first-order valence-corrected chi connectivity index (χ1v) is 8.71. The van der Waals surface area contributed by atoms with Crippen LogP contribution in [0.15, 0.2) is 30.5 Å². The molecule has 8 heteroatoms. The van der Waals surface area contributed by atoms with Gasteiger partial charge in [-0.25, -0.2) is 4.98 Å². The molecule has 4 rings (SSSR count). The Hall–Kier alpha value is -3.03. The number of anilines is 2. The van der Waals surface area contributed by atoms with Crippen LogP contribution >= 0.6 is 0 Å². The highest BCUT2D eigenvalue weighted by Crippen LogP contribution is 2.40. The van der Waals surface area contributed by atoms with Crippen LogP contribution in [0.3, 0.4) is 0 Å². The minimum Gasteiger partial charge on any atom is -0.359 e. The van der Waals surface area contributed by atoms with Crippen molar-refractivity contribution in [1.82, 2.24) is 20.3 Å². The molecule has 0 spiro atoms. The largest absolute Gasteiger partial charge is 0.359 e. The molecule has 3 aromatic heterocycles. The number of nitrogens with one attached hydrogen (secondary N) is 3. The second kappa shape index (κ2) is 6.29. The lowest BCUT2D eigenvalue weighted by molar-refractivity contribution is 0.0729. The average Bonchev–Trinajstić information content (AvgIpc) is 3.05. The van der Waals surface area contributed by atoms with Crippen LogP contribution in [0, 0.1) is 17.3 Å². The highest BCUT2D eigenvalue weighted by molar-refractivity contribution is 6.05. The maximum Gasteiger partial charge on any atom is 0.272 e. The quantitative estimate of drug-likeness (QED) is 0.608. The Morgan fingerprint density at radius 2 is 1.96 bits per heavy atom. The van der Waals surface area contributed by atoms with Gasteiger partial charge in [0.25, 0.3) is 5.91 Å². The number of hydrogen-bond acceptors (Lipinski definition) is 4. The van der Waals surface area contributed by atoms with Crippen LogP contribution in [-0.2, 0) is 0 Å². The van der Waals surface area contributed by atoms with Gasteiger partial charge in [0.05, 0.1) is 5.52 Å². The van der Waals surface area contributed by atoms with Crippen LogP contribution in [0.25, 0.3) is 10.9 Å². The van der Waals surface area contributed by atoms with E-state index in [4.69, 9.17) is 0 Å². The third-order valence-electron chi connectivity index (χ3n) is 5.12. The van der Waals surface area contributed by atoms with Gasteiger partial charge in [-0.15, -0.1) is 0 Å². The first-order chi connectivity index (χ1) is 12.8. The van der Waals surface area contributed by atoms with Crippen LogP contribution < -0.4 is 10.6 Å². The van der Waals surface area contributed by atoms with Crippen LogP contribution in [0.2, 0.25) is 0 Å². The van der Waals surface area contributed by atoms with Gasteiger partial charge >= 0.3 is 0 Å². The van der Waals surface area contributed by atoms with Gasteiger partial charge in [0.2, 0.25) is 11.9 Å². The smallest absolute Gasteiger partial charge is 0.272 e. The number of aromatic nitrogens is 3. The van der Waals surface area contributed by atoms with Gasteiger partial charge in [0.15, 0.2) is 5.69 Å². The molecular weight excluding hydrogens is 352 g/mol. The summed E-state index contributed by atoms with van der Waals surface area (Å²) < 4.78 is 26.6. The highest BCUT2D eigenvalue weighted by atomic mass is 19.1. The number of nitrogens with zero attached hydrogens (tertiary/aromatic N) is 2. The monoisotopic (exact) mass is 371 g/mol. The molecule has 3 aromatic rings.